The van der Waals surface area contributed by atoms with Crippen LogP contribution < -0.4 is 5.32 Å². The number of carboxylic acids is 1. The molecule has 21 heavy (non-hydrogen) atoms. The van der Waals surface area contributed by atoms with Gasteiger partial charge in [-0.1, -0.05) is 27.7 Å². The Kier molecular flexibility index (Phi) is 4.78. The first-order valence-corrected chi connectivity index (χ1v) is 7.48. The normalized spacial score (nSPS) is 21.7. The van der Waals surface area contributed by atoms with E-state index in [0.29, 0.717) is 6.61 Å². The fraction of sp³-hybridized carbons (Fsp3) is 0.875. The first-order valence-electron chi connectivity index (χ1n) is 7.48. The average Bonchev–Trinajstić information content (AvgIpc) is 2.65. The van der Waals surface area contributed by atoms with E-state index in [-0.39, 0.29) is 34.7 Å². The van der Waals surface area contributed by atoms with Gasteiger partial charge in [0, 0.05) is 18.9 Å². The lowest BCUT2D eigenvalue weighted by molar-refractivity contribution is -0.143. The minimum absolute atomic E-state index is 0.0952. The van der Waals surface area contributed by atoms with Crippen LogP contribution in [0.1, 0.15) is 54.9 Å². The number of carbonyl (C=O) groups is 2. The summed E-state index contributed by atoms with van der Waals surface area (Å²) < 4.78 is 5.53. The van der Waals surface area contributed by atoms with Gasteiger partial charge < -0.3 is 15.2 Å². The van der Waals surface area contributed by atoms with Gasteiger partial charge in [0.25, 0.3) is 0 Å². The maximum Gasteiger partial charge on any atom is 0.326 e. The van der Waals surface area contributed by atoms with Crippen LogP contribution in [0.5, 0.6) is 0 Å². The number of amides is 1. The van der Waals surface area contributed by atoms with E-state index in [1.165, 1.54) is 0 Å². The molecule has 0 bridgehead atoms. The number of carboxylic acid groups (broad SMARTS) is 1. The van der Waals surface area contributed by atoms with Gasteiger partial charge in [0.15, 0.2) is 0 Å². The highest BCUT2D eigenvalue weighted by atomic mass is 16.5. The van der Waals surface area contributed by atoms with Crippen LogP contribution in [0.15, 0.2) is 0 Å². The van der Waals surface area contributed by atoms with Crippen molar-refractivity contribution in [3.05, 3.63) is 0 Å². The van der Waals surface area contributed by atoms with Crippen LogP contribution in [0.3, 0.4) is 0 Å². The third-order valence-electron chi connectivity index (χ3n) is 4.84. The molecule has 1 saturated carbocycles. The van der Waals surface area contributed by atoms with Gasteiger partial charge in [-0.05, 0) is 31.6 Å². The van der Waals surface area contributed by atoms with Crippen molar-refractivity contribution in [2.45, 2.75) is 66.5 Å². The molecule has 1 fully saturated rings. The molecule has 0 aromatic carbocycles. The highest BCUT2D eigenvalue weighted by molar-refractivity contribution is 5.88. The third-order valence-corrected chi connectivity index (χ3v) is 4.84. The quantitative estimate of drug-likeness (QED) is 0.790. The SMILES string of the molecule is CC(C)(C)OCCC(NC(=O)C1C(C)(C)C1(C)C)C(=O)O. The van der Waals surface area contributed by atoms with E-state index >= 15 is 0 Å². The lowest BCUT2D eigenvalue weighted by atomic mass is 10.0. The number of hydrogen-bond donors (Lipinski definition) is 2. The van der Waals surface area contributed by atoms with Crippen molar-refractivity contribution in [1.82, 2.24) is 5.32 Å². The topological polar surface area (TPSA) is 75.6 Å². The van der Waals surface area contributed by atoms with Crippen LogP contribution in [0.25, 0.3) is 0 Å². The summed E-state index contributed by atoms with van der Waals surface area (Å²) >= 11 is 0. The minimum Gasteiger partial charge on any atom is -0.480 e. The molecule has 1 unspecified atom stereocenters. The highest BCUT2D eigenvalue weighted by Gasteiger charge is 2.68. The number of nitrogens with one attached hydrogen (secondary N) is 1. The molecule has 2 N–H and O–H groups in total. The van der Waals surface area contributed by atoms with Gasteiger partial charge in [-0.3, -0.25) is 4.79 Å². The van der Waals surface area contributed by atoms with E-state index in [1.54, 1.807) is 0 Å². The molecule has 5 heteroatoms. The lowest BCUT2D eigenvalue weighted by Gasteiger charge is -2.21. The van der Waals surface area contributed by atoms with Crippen molar-refractivity contribution in [2.24, 2.45) is 16.7 Å². The summed E-state index contributed by atoms with van der Waals surface area (Å²) in [5, 5.41) is 11.9. The Bertz CT molecular complexity index is 406. The van der Waals surface area contributed by atoms with Crippen molar-refractivity contribution in [2.75, 3.05) is 6.61 Å². The summed E-state index contributed by atoms with van der Waals surface area (Å²) in [6, 6.07) is -0.896. The van der Waals surface area contributed by atoms with Crippen LogP contribution in [0.2, 0.25) is 0 Å². The van der Waals surface area contributed by atoms with Crippen LogP contribution in [0, 0.1) is 16.7 Å². The van der Waals surface area contributed by atoms with Crippen molar-refractivity contribution >= 4 is 11.9 Å². The van der Waals surface area contributed by atoms with E-state index in [1.807, 2.05) is 48.5 Å². The summed E-state index contributed by atoms with van der Waals surface area (Å²) in [5.41, 5.74) is -0.502. The highest BCUT2D eigenvalue weighted by Crippen LogP contribution is 2.68. The molecule has 0 aromatic heterocycles. The second-order valence-corrected chi connectivity index (χ2v) is 8.03. The fourth-order valence-corrected chi connectivity index (χ4v) is 2.85. The lowest BCUT2D eigenvalue weighted by Crippen LogP contribution is -2.43. The first kappa shape index (κ1) is 18.0. The molecule has 0 saturated heterocycles. The van der Waals surface area contributed by atoms with Crippen molar-refractivity contribution in [3.8, 4) is 0 Å². The van der Waals surface area contributed by atoms with E-state index in [9.17, 15) is 14.7 Å². The number of rotatable bonds is 6. The van der Waals surface area contributed by atoms with Crippen molar-refractivity contribution < 1.29 is 19.4 Å². The molecule has 122 valence electrons. The minimum atomic E-state index is -1.02. The summed E-state index contributed by atoms with van der Waals surface area (Å²) in [6.45, 7) is 14.2. The predicted octanol–water partition coefficient (Wildman–Crippen LogP) is 2.44. The van der Waals surface area contributed by atoms with E-state index < -0.39 is 12.0 Å². The molecular formula is C16H29NO4. The zero-order valence-electron chi connectivity index (χ0n) is 14.2. The average molecular weight is 299 g/mol. The largest absolute Gasteiger partial charge is 0.480 e. The first-order chi connectivity index (χ1) is 9.30. The van der Waals surface area contributed by atoms with Crippen molar-refractivity contribution in [3.63, 3.8) is 0 Å². The molecule has 0 spiro atoms. The molecule has 1 amide bonds. The number of hydrogen-bond acceptors (Lipinski definition) is 3. The summed E-state index contributed by atoms with van der Waals surface area (Å²) in [5.74, 6) is -1.33. The molecule has 1 aliphatic carbocycles. The molecule has 0 aliphatic heterocycles. The smallest absolute Gasteiger partial charge is 0.326 e. The molecular weight excluding hydrogens is 270 g/mol. The fourth-order valence-electron chi connectivity index (χ4n) is 2.85. The maximum absolute atomic E-state index is 12.3. The van der Waals surface area contributed by atoms with Crippen LogP contribution in [-0.4, -0.2) is 35.2 Å². The van der Waals surface area contributed by atoms with Crippen LogP contribution >= 0.6 is 0 Å². The van der Waals surface area contributed by atoms with Gasteiger partial charge in [0.2, 0.25) is 5.91 Å². The zero-order chi connectivity index (χ0) is 16.6. The zero-order valence-corrected chi connectivity index (χ0v) is 14.2. The maximum atomic E-state index is 12.3. The summed E-state index contributed by atoms with van der Waals surface area (Å²) in [4.78, 5) is 23.6. The molecule has 1 atom stereocenters. The Morgan fingerprint density at radius 1 is 1.19 bits per heavy atom. The van der Waals surface area contributed by atoms with Gasteiger partial charge in [0.05, 0.1) is 5.60 Å². The Morgan fingerprint density at radius 2 is 1.67 bits per heavy atom. The molecule has 1 rings (SSSR count). The molecule has 0 aromatic rings. The second kappa shape index (κ2) is 5.59. The van der Waals surface area contributed by atoms with Gasteiger partial charge in [0.1, 0.15) is 6.04 Å². The monoisotopic (exact) mass is 299 g/mol. The molecule has 1 aliphatic rings. The number of carbonyl (C=O) groups excluding carboxylic acids is 1. The Hall–Kier alpha value is -1.10. The number of ether oxygens (including phenoxy) is 1. The molecule has 0 heterocycles. The van der Waals surface area contributed by atoms with Gasteiger partial charge in [-0.2, -0.15) is 0 Å². The summed E-state index contributed by atoms with van der Waals surface area (Å²) in [7, 11) is 0. The van der Waals surface area contributed by atoms with Gasteiger partial charge in [-0.25, -0.2) is 4.79 Å². The van der Waals surface area contributed by atoms with Gasteiger partial charge >= 0.3 is 5.97 Å². The van der Waals surface area contributed by atoms with E-state index in [2.05, 4.69) is 5.32 Å². The summed E-state index contributed by atoms with van der Waals surface area (Å²) in [6.07, 6.45) is 0.270. The van der Waals surface area contributed by atoms with E-state index in [4.69, 9.17) is 4.74 Å². The van der Waals surface area contributed by atoms with Gasteiger partial charge in [-0.15, -0.1) is 0 Å². The van der Waals surface area contributed by atoms with Crippen LogP contribution in [-0.2, 0) is 14.3 Å². The molecule has 0 radical (unpaired) electrons. The standard InChI is InChI=1S/C16H29NO4/c1-14(2,3)21-9-8-10(13(19)20)17-12(18)11-15(4,5)16(11,6)7/h10-11H,8-9H2,1-7H3,(H,17,18)(H,19,20). The third kappa shape index (κ3) is 3.96. The Balaban J connectivity index is 2.56. The number of aliphatic carboxylic acids is 1. The van der Waals surface area contributed by atoms with E-state index in [0.717, 1.165) is 0 Å². The Labute approximate surface area is 127 Å². The second-order valence-electron chi connectivity index (χ2n) is 8.03. The Morgan fingerprint density at radius 3 is 2.00 bits per heavy atom. The van der Waals surface area contributed by atoms with Crippen molar-refractivity contribution in [1.29, 1.82) is 0 Å². The van der Waals surface area contributed by atoms with Crippen LogP contribution in [0.4, 0.5) is 0 Å². The molecule has 5 nitrogen and oxygen atoms in total. The predicted molar refractivity (Wildman–Crippen MR) is 80.9 cm³/mol.